The molecule has 0 aromatic heterocycles. The zero-order chi connectivity index (χ0) is 28.5. The number of fused-ring (bicyclic) bond motifs is 3. The number of benzene rings is 2. The minimum Gasteiger partial charge on any atom is -0.508 e. The van der Waals surface area contributed by atoms with Crippen molar-refractivity contribution < 1.29 is 39.6 Å². The lowest BCUT2D eigenvalue weighted by Gasteiger charge is -2.53. The van der Waals surface area contributed by atoms with Gasteiger partial charge in [-0.15, -0.1) is 0 Å². The average molecular weight is 536 g/mol. The van der Waals surface area contributed by atoms with Gasteiger partial charge in [0, 0.05) is 23.1 Å². The van der Waals surface area contributed by atoms with Crippen LogP contribution in [0.15, 0.2) is 47.7 Å². The second kappa shape index (κ2) is 9.01. The highest BCUT2D eigenvalue weighted by molar-refractivity contribution is 6.16. The van der Waals surface area contributed by atoms with Crippen LogP contribution in [0.2, 0.25) is 0 Å². The van der Waals surface area contributed by atoms with Crippen LogP contribution >= 0.6 is 0 Å². The summed E-state index contributed by atoms with van der Waals surface area (Å²) in [5.74, 6) is -8.56. The minimum atomic E-state index is -2.64. The molecule has 204 valence electrons. The quantitative estimate of drug-likeness (QED) is 0.292. The number of carbonyl (C=O) groups is 4. The molecule has 2 unspecified atom stereocenters. The Morgan fingerprint density at radius 1 is 1.08 bits per heavy atom. The van der Waals surface area contributed by atoms with Crippen LogP contribution in [0.3, 0.4) is 0 Å². The Bertz CT molecular complexity index is 1480. The number of hydrogen-bond acceptors (Lipinski definition) is 9. The van der Waals surface area contributed by atoms with Crippen LogP contribution in [0.4, 0.5) is 0 Å². The summed E-state index contributed by atoms with van der Waals surface area (Å²) in [6.07, 6.45) is -1.40. The molecule has 1 fully saturated rings. The van der Waals surface area contributed by atoms with E-state index in [0.717, 1.165) is 0 Å². The largest absolute Gasteiger partial charge is 0.508 e. The van der Waals surface area contributed by atoms with Crippen molar-refractivity contribution in [3.05, 3.63) is 64.4 Å². The monoisotopic (exact) mass is 535 g/mol. The van der Waals surface area contributed by atoms with Crippen LogP contribution in [0.1, 0.15) is 32.7 Å². The lowest BCUT2D eigenvalue weighted by molar-refractivity contribution is -0.178. The molecule has 0 saturated heterocycles. The van der Waals surface area contributed by atoms with Crippen LogP contribution in [0, 0.1) is 17.8 Å². The molecule has 0 heterocycles. The molecule has 0 aliphatic heterocycles. The number of phenolic OH excluding ortho intramolecular Hbond substituents is 1. The minimum absolute atomic E-state index is 0.00856. The van der Waals surface area contributed by atoms with Gasteiger partial charge in [-0.05, 0) is 67.7 Å². The van der Waals surface area contributed by atoms with E-state index in [1.807, 2.05) is 0 Å². The number of aliphatic hydroxyl groups is 3. The van der Waals surface area contributed by atoms with Crippen LogP contribution < -0.4 is 11.5 Å². The SMILES string of the molecule is CN(C)[C@H]1C(O)C(C(N)=O)C(=O)[C@@]2(O)C(O)=C3C(=O)c4c(O)ccc(-c5cccc(C(N)=O)c5)c4C[C@H]3C[C@@H]12. The standard InChI is InChI=1S/C28H29N3O8/c1-31(2)21-16-10-13-9-15-14(11-4-3-5-12(8-11)26(29)37)6-7-17(32)19(15)22(33)18(13)24(35)28(16,39)25(36)20(23(21)34)27(30)38/h3-8,13,16,20-21,23,32,34-35,39H,9-10H2,1-2H3,(H2,29,37)(H2,30,38)/t13-,16-,20?,21+,23?,28-/m0/s1. The zero-order valence-electron chi connectivity index (χ0n) is 21.3. The Kier molecular flexibility index (Phi) is 6.13. The summed E-state index contributed by atoms with van der Waals surface area (Å²) in [5.41, 5.74) is 9.73. The first kappa shape index (κ1) is 26.5. The van der Waals surface area contributed by atoms with Gasteiger partial charge in [-0.2, -0.15) is 0 Å². The van der Waals surface area contributed by atoms with E-state index in [9.17, 15) is 39.6 Å². The number of aromatic hydroxyl groups is 1. The van der Waals surface area contributed by atoms with E-state index in [-0.39, 0.29) is 35.3 Å². The predicted molar refractivity (Wildman–Crippen MR) is 137 cm³/mol. The third-order valence-corrected chi connectivity index (χ3v) is 8.44. The van der Waals surface area contributed by atoms with Crippen molar-refractivity contribution in [2.45, 2.75) is 30.6 Å². The van der Waals surface area contributed by atoms with E-state index in [0.29, 0.717) is 16.7 Å². The fourth-order valence-electron chi connectivity index (χ4n) is 6.72. The van der Waals surface area contributed by atoms with Gasteiger partial charge in [-0.25, -0.2) is 0 Å². The van der Waals surface area contributed by atoms with Gasteiger partial charge in [0.15, 0.2) is 17.2 Å². The van der Waals surface area contributed by atoms with Gasteiger partial charge in [0.05, 0.1) is 11.7 Å². The van der Waals surface area contributed by atoms with E-state index < -0.39 is 64.6 Å². The number of nitrogens with two attached hydrogens (primary N) is 2. The summed E-state index contributed by atoms with van der Waals surface area (Å²) in [7, 11) is 3.20. The maximum Gasteiger partial charge on any atom is 0.248 e. The molecular weight excluding hydrogens is 506 g/mol. The number of nitrogens with zero attached hydrogens (tertiary/aromatic N) is 1. The molecule has 0 radical (unpaired) electrons. The number of likely N-dealkylation sites (N-methyl/N-ethyl adjacent to an activating group) is 1. The van der Waals surface area contributed by atoms with E-state index >= 15 is 0 Å². The number of rotatable bonds is 4. The normalized spacial score (nSPS) is 30.0. The fraction of sp³-hybridized carbons (Fsp3) is 0.357. The Labute approximate surface area is 223 Å². The third kappa shape index (κ3) is 3.68. The van der Waals surface area contributed by atoms with Crippen molar-refractivity contribution in [2.24, 2.45) is 29.2 Å². The first-order valence-electron chi connectivity index (χ1n) is 12.4. The second-order valence-electron chi connectivity index (χ2n) is 10.7. The molecule has 11 nitrogen and oxygen atoms in total. The highest BCUT2D eigenvalue weighted by atomic mass is 16.3. The number of carbonyl (C=O) groups excluding carboxylic acids is 4. The number of allylic oxidation sites excluding steroid dienone is 1. The molecule has 3 aliphatic carbocycles. The topological polar surface area (TPSA) is 204 Å². The van der Waals surface area contributed by atoms with Crippen LogP contribution in [0.25, 0.3) is 11.1 Å². The van der Waals surface area contributed by atoms with Gasteiger partial charge < -0.3 is 36.8 Å². The number of Topliss-reactive ketones (excluding diaryl/α,β-unsaturated/α-hetero) is 2. The Hall–Kier alpha value is -4.06. The Morgan fingerprint density at radius 3 is 2.38 bits per heavy atom. The molecule has 11 heteroatoms. The summed E-state index contributed by atoms with van der Waals surface area (Å²) in [4.78, 5) is 52.7. The van der Waals surface area contributed by atoms with Gasteiger partial charge >= 0.3 is 0 Å². The number of aliphatic hydroxyl groups excluding tert-OH is 2. The van der Waals surface area contributed by atoms with Gasteiger partial charge in [0.25, 0.3) is 0 Å². The van der Waals surface area contributed by atoms with E-state index in [1.165, 1.54) is 6.07 Å². The summed E-state index contributed by atoms with van der Waals surface area (Å²) in [5, 5.41) is 44.8. The first-order valence-corrected chi connectivity index (χ1v) is 12.4. The predicted octanol–water partition coefficient (Wildman–Crippen LogP) is 0.0515. The molecular formula is C28H29N3O8. The van der Waals surface area contributed by atoms with Gasteiger partial charge in [-0.3, -0.25) is 19.2 Å². The van der Waals surface area contributed by atoms with Gasteiger partial charge in [-0.1, -0.05) is 18.2 Å². The highest BCUT2D eigenvalue weighted by Crippen LogP contribution is 2.53. The highest BCUT2D eigenvalue weighted by Gasteiger charge is 2.66. The van der Waals surface area contributed by atoms with Crippen molar-refractivity contribution in [3.8, 4) is 16.9 Å². The summed E-state index contributed by atoms with van der Waals surface area (Å²) < 4.78 is 0. The molecule has 39 heavy (non-hydrogen) atoms. The molecule has 0 spiro atoms. The Morgan fingerprint density at radius 2 is 1.77 bits per heavy atom. The summed E-state index contributed by atoms with van der Waals surface area (Å²) >= 11 is 0. The molecule has 5 rings (SSSR count). The van der Waals surface area contributed by atoms with Crippen LogP contribution in [-0.2, 0) is 16.0 Å². The van der Waals surface area contributed by atoms with Gasteiger partial charge in [0.2, 0.25) is 11.8 Å². The molecule has 2 aromatic rings. The molecule has 2 amide bonds. The lowest BCUT2D eigenvalue weighted by Crippen LogP contribution is -2.71. The number of hydrogen-bond donors (Lipinski definition) is 6. The summed E-state index contributed by atoms with van der Waals surface area (Å²) in [6.45, 7) is 0. The van der Waals surface area contributed by atoms with Crippen molar-refractivity contribution in [2.75, 3.05) is 14.1 Å². The lowest BCUT2D eigenvalue weighted by atomic mass is 9.55. The zero-order valence-corrected chi connectivity index (χ0v) is 21.3. The van der Waals surface area contributed by atoms with Gasteiger partial charge in [0.1, 0.15) is 17.4 Å². The molecule has 0 bridgehead atoms. The molecule has 8 N–H and O–H groups in total. The number of phenols is 1. The maximum absolute atomic E-state index is 13.8. The van der Waals surface area contributed by atoms with Crippen LogP contribution in [-0.4, -0.2) is 80.5 Å². The smallest absolute Gasteiger partial charge is 0.248 e. The maximum atomic E-state index is 13.8. The van der Waals surface area contributed by atoms with Crippen LogP contribution in [0.5, 0.6) is 5.75 Å². The molecule has 3 aliphatic rings. The Balaban J connectivity index is 1.71. The van der Waals surface area contributed by atoms with E-state index in [1.54, 1.807) is 49.3 Å². The first-order chi connectivity index (χ1) is 18.3. The van der Waals surface area contributed by atoms with Crippen molar-refractivity contribution in [3.63, 3.8) is 0 Å². The summed E-state index contributed by atoms with van der Waals surface area (Å²) in [6, 6.07) is 8.47. The fourth-order valence-corrected chi connectivity index (χ4v) is 6.72. The van der Waals surface area contributed by atoms with Crippen molar-refractivity contribution >= 4 is 23.4 Å². The molecule has 1 saturated carbocycles. The van der Waals surface area contributed by atoms with Crippen molar-refractivity contribution in [1.29, 1.82) is 0 Å². The number of ketones is 2. The number of amides is 2. The second-order valence-corrected chi connectivity index (χ2v) is 10.7. The molecule has 6 atom stereocenters. The number of primary amides is 2. The van der Waals surface area contributed by atoms with E-state index in [2.05, 4.69) is 0 Å². The van der Waals surface area contributed by atoms with E-state index in [4.69, 9.17) is 11.5 Å². The third-order valence-electron chi connectivity index (χ3n) is 8.44. The van der Waals surface area contributed by atoms with Crippen molar-refractivity contribution in [1.82, 2.24) is 4.90 Å². The molecule has 2 aromatic carbocycles. The average Bonchev–Trinajstić information content (AvgIpc) is 2.86.